The van der Waals surface area contributed by atoms with E-state index in [1.807, 2.05) is 109 Å². The fourth-order valence-electron chi connectivity index (χ4n) is 7.03. The van der Waals surface area contributed by atoms with Gasteiger partial charge in [0, 0.05) is 62.4 Å². The van der Waals surface area contributed by atoms with Gasteiger partial charge in [0.15, 0.2) is 7.14 Å². The van der Waals surface area contributed by atoms with Crippen molar-refractivity contribution in [1.82, 2.24) is 15.0 Å². The molecule has 0 amide bonds. The first-order valence-electron chi connectivity index (χ1n) is 17.0. The molecule has 1 aliphatic carbocycles. The molecule has 0 fully saturated rings. The minimum absolute atomic E-state index is 0.745. The van der Waals surface area contributed by atoms with Crippen molar-refractivity contribution < 1.29 is 4.57 Å². The molecular weight excluding hydrogens is 642 g/mol. The SMILES string of the molecule is C/C=c1/c(=C(/C)C2=CC(c3ccncc3)=C=Cc3ccccc32)c(-c2ccncc2)nc2cc(P(=O)(c3ccccc3)c3ccccc3)ccc12. The third kappa shape index (κ3) is 5.81. The molecule has 3 aromatic heterocycles. The highest BCUT2D eigenvalue weighted by molar-refractivity contribution is 7.85. The van der Waals surface area contributed by atoms with E-state index in [9.17, 15) is 0 Å². The molecule has 0 atom stereocenters. The quantitative estimate of drug-likeness (QED) is 0.132. The van der Waals surface area contributed by atoms with Crippen molar-refractivity contribution in [2.24, 2.45) is 0 Å². The summed E-state index contributed by atoms with van der Waals surface area (Å²) in [6.07, 6.45) is 13.7. The Balaban J connectivity index is 1.45. The average molecular weight is 676 g/mol. The van der Waals surface area contributed by atoms with Gasteiger partial charge in [-0.05, 0) is 89.4 Å². The minimum atomic E-state index is -3.21. The van der Waals surface area contributed by atoms with Crippen LogP contribution in [0.5, 0.6) is 0 Å². The Morgan fingerprint density at radius 1 is 0.686 bits per heavy atom. The van der Waals surface area contributed by atoms with E-state index in [1.165, 1.54) is 0 Å². The van der Waals surface area contributed by atoms with Crippen molar-refractivity contribution >= 4 is 62.8 Å². The van der Waals surface area contributed by atoms with Gasteiger partial charge in [-0.3, -0.25) is 9.97 Å². The van der Waals surface area contributed by atoms with Crippen LogP contribution in [0.25, 0.3) is 51.0 Å². The molecule has 0 saturated heterocycles. The number of nitrogens with zero attached hydrogens (tertiary/aromatic N) is 3. The van der Waals surface area contributed by atoms with Crippen molar-refractivity contribution in [3.63, 3.8) is 0 Å². The van der Waals surface area contributed by atoms with Crippen LogP contribution in [0.15, 0.2) is 164 Å². The number of fused-ring (bicyclic) bond motifs is 2. The van der Waals surface area contributed by atoms with E-state index >= 15 is 4.57 Å². The van der Waals surface area contributed by atoms with E-state index in [-0.39, 0.29) is 0 Å². The van der Waals surface area contributed by atoms with E-state index in [2.05, 4.69) is 78.1 Å². The Morgan fingerprint density at radius 2 is 1.29 bits per heavy atom. The molecule has 1 aliphatic rings. The summed E-state index contributed by atoms with van der Waals surface area (Å²) < 4.78 is 15.4. The van der Waals surface area contributed by atoms with E-state index < -0.39 is 7.14 Å². The number of hydrogen-bond donors (Lipinski definition) is 0. The molecule has 244 valence electrons. The predicted octanol–water partition coefficient (Wildman–Crippen LogP) is 8.10. The zero-order valence-corrected chi connectivity index (χ0v) is 29.3. The first-order valence-corrected chi connectivity index (χ1v) is 18.7. The number of benzene rings is 4. The molecule has 51 heavy (non-hydrogen) atoms. The van der Waals surface area contributed by atoms with Gasteiger partial charge in [0.05, 0.1) is 11.2 Å². The summed E-state index contributed by atoms with van der Waals surface area (Å²) >= 11 is 0. The van der Waals surface area contributed by atoms with Crippen LogP contribution in [-0.2, 0) is 4.57 Å². The Labute approximate surface area is 297 Å². The molecule has 0 N–H and O–H groups in total. The zero-order chi connectivity index (χ0) is 34.8. The second-order valence-corrected chi connectivity index (χ2v) is 15.2. The van der Waals surface area contributed by atoms with Crippen molar-refractivity contribution in [2.45, 2.75) is 13.8 Å². The standard InChI is InChI=1S/C46H34N3OP/c1-3-40-42-21-20-39(51(50,37-13-6-4-7-14-37)38-15-8-5-9-16-38)31-44(42)49-46(35-24-28-48-29-25-35)45(40)32(2)43-30-36(33-22-26-47-27-23-33)19-18-34-12-10-11-17-41(34)43/h3-18,20-31H,1-2H3/b40-3+,45-32+. The van der Waals surface area contributed by atoms with Gasteiger partial charge in [-0.15, -0.1) is 5.73 Å². The Bertz CT molecular complexity index is 2650. The smallest absolute Gasteiger partial charge is 0.171 e. The molecule has 7 aromatic rings. The number of hydrogen-bond acceptors (Lipinski definition) is 4. The third-order valence-corrected chi connectivity index (χ3v) is 12.6. The second-order valence-electron chi connectivity index (χ2n) is 12.5. The molecule has 0 unspecified atom stereocenters. The molecule has 0 radical (unpaired) electrons. The summed E-state index contributed by atoms with van der Waals surface area (Å²) in [6, 6.07) is 42.2. The molecule has 0 aliphatic heterocycles. The van der Waals surface area contributed by atoms with Crippen LogP contribution in [0.1, 0.15) is 30.5 Å². The van der Waals surface area contributed by atoms with Crippen molar-refractivity contribution in [3.8, 4) is 11.3 Å². The predicted molar refractivity (Wildman–Crippen MR) is 213 cm³/mol. The molecule has 0 spiro atoms. The number of allylic oxidation sites excluding steroid dienone is 3. The molecule has 0 saturated carbocycles. The van der Waals surface area contributed by atoms with Gasteiger partial charge >= 0.3 is 0 Å². The number of aromatic nitrogens is 3. The lowest BCUT2D eigenvalue weighted by molar-refractivity contribution is 0.592. The van der Waals surface area contributed by atoms with E-state index in [4.69, 9.17) is 4.98 Å². The highest BCUT2D eigenvalue weighted by Gasteiger charge is 2.30. The van der Waals surface area contributed by atoms with Gasteiger partial charge in [0.25, 0.3) is 0 Å². The normalized spacial score (nSPS) is 13.6. The summed E-state index contributed by atoms with van der Waals surface area (Å²) in [6.45, 7) is 4.26. The number of rotatable bonds is 6. The van der Waals surface area contributed by atoms with Gasteiger partial charge in [-0.2, -0.15) is 0 Å². The largest absolute Gasteiger partial charge is 0.309 e. The summed E-state index contributed by atoms with van der Waals surface area (Å²) in [5, 5.41) is 5.42. The van der Waals surface area contributed by atoms with Gasteiger partial charge in [0.2, 0.25) is 0 Å². The van der Waals surface area contributed by atoms with Crippen LogP contribution < -0.4 is 26.4 Å². The topological polar surface area (TPSA) is 55.7 Å². The lowest BCUT2D eigenvalue weighted by Gasteiger charge is -2.21. The molecular formula is C46H34N3OP. The molecule has 5 heteroatoms. The van der Waals surface area contributed by atoms with Crippen LogP contribution in [0, 0.1) is 0 Å². The minimum Gasteiger partial charge on any atom is -0.309 e. The fourth-order valence-corrected chi connectivity index (χ4v) is 9.69. The first-order chi connectivity index (χ1) is 25.1. The Hall–Kier alpha value is -6.18. The molecule has 4 aromatic carbocycles. The summed E-state index contributed by atoms with van der Waals surface area (Å²) in [5.74, 6) is 0. The van der Waals surface area contributed by atoms with Gasteiger partial charge < -0.3 is 4.57 Å². The molecule has 0 bridgehead atoms. The lowest BCUT2D eigenvalue weighted by Crippen LogP contribution is -2.32. The average Bonchev–Trinajstić information content (AvgIpc) is 3.41. The van der Waals surface area contributed by atoms with Gasteiger partial charge in [-0.25, -0.2) is 4.98 Å². The maximum atomic E-state index is 15.4. The molecule has 3 heterocycles. The van der Waals surface area contributed by atoms with Crippen molar-refractivity contribution in [1.29, 1.82) is 0 Å². The summed E-state index contributed by atoms with van der Waals surface area (Å²) in [5.41, 5.74) is 12.5. The maximum absolute atomic E-state index is 15.4. The van der Waals surface area contributed by atoms with Crippen LogP contribution in [0.2, 0.25) is 0 Å². The monoisotopic (exact) mass is 675 g/mol. The third-order valence-electron chi connectivity index (χ3n) is 9.55. The van der Waals surface area contributed by atoms with E-state index in [0.717, 1.165) is 81.9 Å². The summed E-state index contributed by atoms with van der Waals surface area (Å²) in [4.78, 5) is 14.0. The van der Waals surface area contributed by atoms with Crippen LogP contribution in [0.3, 0.4) is 0 Å². The van der Waals surface area contributed by atoms with Gasteiger partial charge in [-0.1, -0.05) is 103 Å². The van der Waals surface area contributed by atoms with Gasteiger partial charge in [0.1, 0.15) is 0 Å². The maximum Gasteiger partial charge on any atom is 0.171 e. The van der Waals surface area contributed by atoms with Crippen LogP contribution >= 0.6 is 7.14 Å². The van der Waals surface area contributed by atoms with Crippen molar-refractivity contribution in [2.75, 3.05) is 0 Å². The van der Waals surface area contributed by atoms with Crippen LogP contribution in [0.4, 0.5) is 0 Å². The molecule has 8 rings (SSSR count). The molecule has 4 nitrogen and oxygen atoms in total. The van der Waals surface area contributed by atoms with E-state index in [1.54, 1.807) is 12.4 Å². The Kier molecular flexibility index (Phi) is 8.56. The fraction of sp³-hybridized carbons (Fsp3) is 0.0435. The second kappa shape index (κ2) is 13.6. The van der Waals surface area contributed by atoms with Crippen LogP contribution in [-0.4, -0.2) is 15.0 Å². The first kappa shape index (κ1) is 32.0. The summed E-state index contributed by atoms with van der Waals surface area (Å²) in [7, 11) is -3.21. The van der Waals surface area contributed by atoms with Crippen molar-refractivity contribution in [3.05, 3.63) is 191 Å². The zero-order valence-electron chi connectivity index (χ0n) is 28.4. The lowest BCUT2D eigenvalue weighted by atomic mass is 9.90. The Morgan fingerprint density at radius 3 is 1.94 bits per heavy atom. The highest BCUT2D eigenvalue weighted by atomic mass is 31.2. The number of pyridine rings is 3. The highest BCUT2D eigenvalue weighted by Crippen LogP contribution is 2.42. The van der Waals surface area contributed by atoms with E-state index in [0.29, 0.717) is 0 Å².